The molecule has 0 bridgehead atoms. The molecule has 19 heavy (non-hydrogen) atoms. The Balaban J connectivity index is 2.24. The summed E-state index contributed by atoms with van der Waals surface area (Å²) in [6, 6.07) is 6.15. The van der Waals surface area contributed by atoms with Crippen LogP contribution in [0.4, 0.5) is 4.39 Å². The van der Waals surface area contributed by atoms with E-state index in [9.17, 15) is 9.18 Å². The number of primary amides is 1. The largest absolute Gasteiger partial charge is 0.477 e. The highest BCUT2D eigenvalue weighted by atomic mass is 19.1. The molecule has 0 atom stereocenters. The Labute approximate surface area is 108 Å². The molecule has 0 saturated heterocycles. The Morgan fingerprint density at radius 2 is 2.21 bits per heavy atom. The van der Waals surface area contributed by atoms with Gasteiger partial charge < -0.3 is 10.5 Å². The van der Waals surface area contributed by atoms with Gasteiger partial charge in [0.1, 0.15) is 17.1 Å². The molecule has 0 spiro atoms. The molecule has 0 radical (unpaired) electrons. The van der Waals surface area contributed by atoms with Crippen molar-refractivity contribution in [2.45, 2.75) is 13.0 Å². The zero-order chi connectivity index (χ0) is 13.4. The molecule has 2 heterocycles. The minimum absolute atomic E-state index is 0.143. The molecule has 0 saturated carbocycles. The number of carbonyl (C=O) groups excluding carboxylic acids is 1. The smallest absolute Gasteiger partial charge is 0.256 e. The van der Waals surface area contributed by atoms with E-state index in [-0.39, 0.29) is 16.8 Å². The molecule has 1 aromatic carbocycles. The summed E-state index contributed by atoms with van der Waals surface area (Å²) >= 11 is 0. The molecule has 0 fully saturated rings. The number of rotatable bonds is 2. The highest BCUT2D eigenvalue weighted by Crippen LogP contribution is 2.33. The fraction of sp³-hybridized carbons (Fsp3) is 0.231. The molecule has 0 aliphatic carbocycles. The Hall–Kier alpha value is -2.37. The van der Waals surface area contributed by atoms with Gasteiger partial charge in [0, 0.05) is 18.5 Å². The molecule has 1 aromatic heterocycles. The lowest BCUT2D eigenvalue weighted by Crippen LogP contribution is -2.18. The van der Waals surface area contributed by atoms with Crippen molar-refractivity contribution in [1.29, 1.82) is 0 Å². The number of nitrogens with zero attached hydrogens (tertiary/aromatic N) is 2. The van der Waals surface area contributed by atoms with E-state index >= 15 is 0 Å². The maximum Gasteiger partial charge on any atom is 0.256 e. The molecule has 1 aliphatic rings. The van der Waals surface area contributed by atoms with Crippen LogP contribution in [-0.4, -0.2) is 22.3 Å². The van der Waals surface area contributed by atoms with Crippen LogP contribution in [0.5, 0.6) is 5.88 Å². The lowest BCUT2D eigenvalue weighted by atomic mass is 10.1. The number of fused-ring (bicyclic) bond motifs is 1. The second-order valence-electron chi connectivity index (χ2n) is 4.30. The topological polar surface area (TPSA) is 70.1 Å². The third kappa shape index (κ3) is 1.85. The highest BCUT2D eigenvalue weighted by molar-refractivity contribution is 6.01. The number of ether oxygens (including phenoxy) is 1. The number of aryl methyl sites for hydroxylation is 1. The van der Waals surface area contributed by atoms with Gasteiger partial charge in [0.05, 0.1) is 6.61 Å². The summed E-state index contributed by atoms with van der Waals surface area (Å²) in [5, 5.41) is 4.25. The Kier molecular flexibility index (Phi) is 2.70. The lowest BCUT2D eigenvalue weighted by Gasteiger charge is -2.14. The van der Waals surface area contributed by atoms with Crippen molar-refractivity contribution in [3.8, 4) is 17.1 Å². The summed E-state index contributed by atoms with van der Waals surface area (Å²) in [7, 11) is 0. The quantitative estimate of drug-likeness (QED) is 0.892. The number of benzene rings is 1. The number of hydrogen-bond acceptors (Lipinski definition) is 3. The summed E-state index contributed by atoms with van der Waals surface area (Å²) in [6.07, 6.45) is 0.795. The number of carbonyl (C=O) groups is 1. The maximum atomic E-state index is 13.8. The summed E-state index contributed by atoms with van der Waals surface area (Å²) in [5.41, 5.74) is 6.01. The van der Waals surface area contributed by atoms with E-state index in [2.05, 4.69) is 5.10 Å². The first kappa shape index (κ1) is 11.7. The first-order chi connectivity index (χ1) is 9.18. The van der Waals surface area contributed by atoms with E-state index in [0.29, 0.717) is 19.0 Å². The molecule has 0 unspecified atom stereocenters. The Morgan fingerprint density at radius 3 is 2.95 bits per heavy atom. The molecule has 3 rings (SSSR count). The molecule has 1 amide bonds. The lowest BCUT2D eigenvalue weighted by molar-refractivity contribution is 0.0994. The predicted octanol–water partition coefficient (Wildman–Crippen LogP) is 1.57. The summed E-state index contributed by atoms with van der Waals surface area (Å²) in [5.74, 6) is -0.779. The van der Waals surface area contributed by atoms with Gasteiger partial charge in [-0.2, -0.15) is 5.10 Å². The molecule has 6 heteroatoms. The van der Waals surface area contributed by atoms with Gasteiger partial charge in [0.25, 0.3) is 5.91 Å². The van der Waals surface area contributed by atoms with Crippen molar-refractivity contribution in [2.24, 2.45) is 5.73 Å². The zero-order valence-electron chi connectivity index (χ0n) is 10.1. The van der Waals surface area contributed by atoms with Gasteiger partial charge in [0.2, 0.25) is 5.88 Å². The van der Waals surface area contributed by atoms with Gasteiger partial charge in [-0.1, -0.05) is 12.1 Å². The standard InChI is InChI=1S/C13H12FN3O2/c14-9-5-2-1-4-8(9)11-10(12(15)18)13-17(16-11)6-3-7-19-13/h1-2,4-5H,3,6-7H2,(H2,15,18). The van der Waals surface area contributed by atoms with Crippen molar-refractivity contribution in [1.82, 2.24) is 9.78 Å². The second kappa shape index (κ2) is 4.38. The fourth-order valence-electron chi connectivity index (χ4n) is 2.19. The van der Waals surface area contributed by atoms with Crippen molar-refractivity contribution < 1.29 is 13.9 Å². The van der Waals surface area contributed by atoms with E-state index in [0.717, 1.165) is 6.42 Å². The van der Waals surface area contributed by atoms with E-state index in [1.165, 1.54) is 6.07 Å². The van der Waals surface area contributed by atoms with Crippen LogP contribution in [0.1, 0.15) is 16.8 Å². The van der Waals surface area contributed by atoms with Gasteiger partial charge in [-0.05, 0) is 12.1 Å². The van der Waals surface area contributed by atoms with Crippen LogP contribution in [0.25, 0.3) is 11.3 Å². The Bertz CT molecular complexity index is 651. The van der Waals surface area contributed by atoms with E-state index in [4.69, 9.17) is 10.5 Å². The monoisotopic (exact) mass is 261 g/mol. The van der Waals surface area contributed by atoms with Crippen LogP contribution in [0.15, 0.2) is 24.3 Å². The van der Waals surface area contributed by atoms with Crippen molar-refractivity contribution in [3.05, 3.63) is 35.6 Å². The number of hydrogen-bond donors (Lipinski definition) is 1. The average Bonchev–Trinajstić information content (AvgIpc) is 2.78. The first-order valence-corrected chi connectivity index (χ1v) is 5.97. The SMILES string of the molecule is NC(=O)c1c(-c2ccccc2F)nn2c1OCCC2. The highest BCUT2D eigenvalue weighted by Gasteiger charge is 2.27. The van der Waals surface area contributed by atoms with Crippen LogP contribution >= 0.6 is 0 Å². The summed E-state index contributed by atoms with van der Waals surface area (Å²) < 4.78 is 20.8. The van der Waals surface area contributed by atoms with Gasteiger partial charge in [-0.15, -0.1) is 0 Å². The fourth-order valence-corrected chi connectivity index (χ4v) is 2.19. The van der Waals surface area contributed by atoms with Gasteiger partial charge in [-0.25, -0.2) is 9.07 Å². The van der Waals surface area contributed by atoms with Gasteiger partial charge in [-0.3, -0.25) is 4.79 Å². The number of amides is 1. The minimum atomic E-state index is -0.665. The number of aromatic nitrogens is 2. The summed E-state index contributed by atoms with van der Waals surface area (Å²) in [4.78, 5) is 11.6. The molecular formula is C13H12FN3O2. The molecule has 98 valence electrons. The number of halogens is 1. The Morgan fingerprint density at radius 1 is 1.42 bits per heavy atom. The predicted molar refractivity (Wildman–Crippen MR) is 66.3 cm³/mol. The van der Waals surface area contributed by atoms with Crippen LogP contribution in [0.3, 0.4) is 0 Å². The van der Waals surface area contributed by atoms with Gasteiger partial charge in [0.15, 0.2) is 0 Å². The maximum absolute atomic E-state index is 13.8. The van der Waals surface area contributed by atoms with Crippen LogP contribution < -0.4 is 10.5 Å². The third-order valence-corrected chi connectivity index (χ3v) is 3.03. The molecular weight excluding hydrogens is 249 g/mol. The average molecular weight is 261 g/mol. The molecule has 5 nitrogen and oxygen atoms in total. The van der Waals surface area contributed by atoms with Crippen molar-refractivity contribution in [3.63, 3.8) is 0 Å². The normalized spacial score (nSPS) is 13.7. The van der Waals surface area contributed by atoms with Crippen molar-refractivity contribution in [2.75, 3.05) is 6.61 Å². The second-order valence-corrected chi connectivity index (χ2v) is 4.30. The van der Waals surface area contributed by atoms with E-state index < -0.39 is 11.7 Å². The first-order valence-electron chi connectivity index (χ1n) is 5.97. The number of nitrogens with two attached hydrogens (primary N) is 1. The van der Waals surface area contributed by atoms with Gasteiger partial charge >= 0.3 is 0 Å². The molecule has 2 N–H and O–H groups in total. The minimum Gasteiger partial charge on any atom is -0.477 e. The zero-order valence-corrected chi connectivity index (χ0v) is 10.1. The van der Waals surface area contributed by atoms with Crippen molar-refractivity contribution >= 4 is 5.91 Å². The molecule has 1 aliphatic heterocycles. The van der Waals surface area contributed by atoms with Crippen LogP contribution in [0.2, 0.25) is 0 Å². The third-order valence-electron chi connectivity index (χ3n) is 3.03. The van der Waals surface area contributed by atoms with Crippen LogP contribution in [0, 0.1) is 5.82 Å². The summed E-state index contributed by atoms with van der Waals surface area (Å²) in [6.45, 7) is 1.13. The van der Waals surface area contributed by atoms with Crippen LogP contribution in [-0.2, 0) is 6.54 Å². The molecule has 2 aromatic rings. The van der Waals surface area contributed by atoms with E-state index in [1.807, 2.05) is 0 Å². The van der Waals surface area contributed by atoms with E-state index in [1.54, 1.807) is 22.9 Å².